The number of benzene rings is 2. The molecule has 5 rings (SSSR count). The van der Waals surface area contributed by atoms with Crippen molar-refractivity contribution < 1.29 is 0 Å². The Bertz CT molecular complexity index is 1270. The lowest BCUT2D eigenvalue weighted by atomic mass is 9.97. The van der Waals surface area contributed by atoms with Gasteiger partial charge in [-0.3, -0.25) is 0 Å². The molecule has 31 heavy (non-hydrogen) atoms. The van der Waals surface area contributed by atoms with Gasteiger partial charge in [0, 0.05) is 28.8 Å². The molecule has 7 nitrogen and oxygen atoms in total. The largest absolute Gasteiger partial charge is 0.383 e. The number of para-hydroxylation sites is 1. The third-order valence-corrected chi connectivity index (χ3v) is 6.32. The summed E-state index contributed by atoms with van der Waals surface area (Å²) in [6.07, 6.45) is 3.36. The normalized spacial score (nSPS) is 15.9. The van der Waals surface area contributed by atoms with Gasteiger partial charge in [0.2, 0.25) is 5.95 Å². The number of nitrogen functional groups attached to an aromatic ring is 2. The number of aromatic nitrogens is 4. The van der Waals surface area contributed by atoms with Crippen LogP contribution in [0, 0.1) is 0 Å². The lowest BCUT2D eigenvalue weighted by Crippen LogP contribution is -2.38. The summed E-state index contributed by atoms with van der Waals surface area (Å²) < 4.78 is 1.92. The van der Waals surface area contributed by atoms with Crippen LogP contribution in [0.1, 0.15) is 17.2 Å². The maximum Gasteiger partial charge on any atom is 0.224 e. The van der Waals surface area contributed by atoms with Gasteiger partial charge < -0.3 is 16.4 Å². The van der Waals surface area contributed by atoms with Gasteiger partial charge in [-0.1, -0.05) is 47.5 Å². The lowest BCUT2D eigenvalue weighted by molar-refractivity contribution is 0.440. The van der Waals surface area contributed by atoms with E-state index < -0.39 is 0 Å². The van der Waals surface area contributed by atoms with Crippen LogP contribution in [0.25, 0.3) is 11.0 Å². The molecule has 0 bridgehead atoms. The smallest absolute Gasteiger partial charge is 0.224 e. The van der Waals surface area contributed by atoms with Crippen LogP contribution in [0.3, 0.4) is 0 Å². The maximum absolute atomic E-state index is 6.40. The summed E-state index contributed by atoms with van der Waals surface area (Å²) in [6.45, 7) is 1.59. The fourth-order valence-electron chi connectivity index (χ4n) is 4.25. The van der Waals surface area contributed by atoms with Crippen molar-refractivity contribution in [1.29, 1.82) is 0 Å². The van der Waals surface area contributed by atoms with Gasteiger partial charge in [0.1, 0.15) is 5.82 Å². The van der Waals surface area contributed by atoms with E-state index in [0.717, 1.165) is 31.5 Å². The molecule has 0 spiro atoms. The number of rotatable bonds is 4. The highest BCUT2D eigenvalue weighted by molar-refractivity contribution is 6.35. The Balaban J connectivity index is 1.47. The van der Waals surface area contributed by atoms with Crippen LogP contribution in [0.15, 0.2) is 48.7 Å². The van der Waals surface area contributed by atoms with Gasteiger partial charge in [0.15, 0.2) is 5.65 Å². The Hall–Kier alpha value is -3.03. The standard InChI is InChI=1S/C22H21Cl2N7/c23-15-6-5-13(18(24)10-15)7-8-30-12-16(9-14-3-1-2-4-19(14)30)31-21-17(11-27-31)20(25)28-22(26)29-21/h1-6,10-11,16H,7-9,12H2,(H4,25,26,28,29). The molecule has 2 aromatic carbocycles. The molecule has 9 heteroatoms. The Labute approximate surface area is 189 Å². The Kier molecular flexibility index (Phi) is 5.08. The minimum atomic E-state index is 0.0850. The number of halogens is 2. The van der Waals surface area contributed by atoms with E-state index in [4.69, 9.17) is 34.7 Å². The number of nitrogens with two attached hydrogens (primary N) is 2. The fraction of sp³-hybridized carbons (Fsp3) is 0.227. The van der Waals surface area contributed by atoms with E-state index in [0.29, 0.717) is 26.9 Å². The molecule has 1 unspecified atom stereocenters. The summed E-state index contributed by atoms with van der Waals surface area (Å²) in [5.41, 5.74) is 16.1. The average molecular weight is 454 g/mol. The van der Waals surface area contributed by atoms with E-state index in [1.165, 1.54) is 11.3 Å². The number of hydrogen-bond acceptors (Lipinski definition) is 6. The quantitative estimate of drug-likeness (QED) is 0.481. The van der Waals surface area contributed by atoms with E-state index in [-0.39, 0.29) is 12.0 Å². The lowest BCUT2D eigenvalue weighted by Gasteiger charge is -2.36. The minimum absolute atomic E-state index is 0.0850. The third kappa shape index (κ3) is 3.75. The molecule has 0 fully saturated rings. The molecule has 0 saturated heterocycles. The van der Waals surface area contributed by atoms with Gasteiger partial charge >= 0.3 is 0 Å². The van der Waals surface area contributed by atoms with Crippen molar-refractivity contribution in [3.8, 4) is 0 Å². The molecule has 4 N–H and O–H groups in total. The van der Waals surface area contributed by atoms with Gasteiger partial charge in [0.05, 0.1) is 17.6 Å². The van der Waals surface area contributed by atoms with E-state index in [2.05, 4.69) is 44.2 Å². The highest BCUT2D eigenvalue weighted by Gasteiger charge is 2.27. The molecule has 1 aliphatic rings. The fourth-order valence-corrected chi connectivity index (χ4v) is 4.75. The molecule has 0 aliphatic carbocycles. The summed E-state index contributed by atoms with van der Waals surface area (Å²) >= 11 is 12.4. The molecular formula is C22H21Cl2N7. The van der Waals surface area contributed by atoms with Crippen LogP contribution in [0.4, 0.5) is 17.5 Å². The van der Waals surface area contributed by atoms with Gasteiger partial charge in [-0.2, -0.15) is 15.1 Å². The number of nitrogens with zero attached hydrogens (tertiary/aromatic N) is 5. The summed E-state index contributed by atoms with van der Waals surface area (Å²) in [6, 6.07) is 14.2. The van der Waals surface area contributed by atoms with Crippen LogP contribution < -0.4 is 16.4 Å². The van der Waals surface area contributed by atoms with E-state index >= 15 is 0 Å². The molecule has 1 atom stereocenters. The zero-order chi connectivity index (χ0) is 21.5. The Morgan fingerprint density at radius 1 is 1.06 bits per heavy atom. The predicted molar refractivity (Wildman–Crippen MR) is 126 cm³/mol. The van der Waals surface area contributed by atoms with E-state index in [9.17, 15) is 0 Å². The summed E-state index contributed by atoms with van der Waals surface area (Å²) in [7, 11) is 0. The van der Waals surface area contributed by atoms with E-state index in [1.807, 2.05) is 16.8 Å². The van der Waals surface area contributed by atoms with Crippen molar-refractivity contribution in [3.63, 3.8) is 0 Å². The first-order valence-electron chi connectivity index (χ1n) is 10.0. The molecule has 4 aromatic rings. The van der Waals surface area contributed by atoms with Crippen LogP contribution >= 0.6 is 23.2 Å². The van der Waals surface area contributed by atoms with Crippen molar-refractivity contribution in [2.75, 3.05) is 29.5 Å². The van der Waals surface area contributed by atoms with Crippen molar-refractivity contribution in [1.82, 2.24) is 19.7 Å². The summed E-state index contributed by atoms with van der Waals surface area (Å²) in [5, 5.41) is 6.63. The van der Waals surface area contributed by atoms with Crippen LogP contribution in [0.5, 0.6) is 0 Å². The van der Waals surface area contributed by atoms with Crippen molar-refractivity contribution in [3.05, 3.63) is 69.8 Å². The first-order chi connectivity index (χ1) is 15.0. The summed E-state index contributed by atoms with van der Waals surface area (Å²) in [4.78, 5) is 10.8. The zero-order valence-electron chi connectivity index (χ0n) is 16.7. The summed E-state index contributed by atoms with van der Waals surface area (Å²) in [5.74, 6) is 0.497. The van der Waals surface area contributed by atoms with Crippen molar-refractivity contribution in [2.45, 2.75) is 18.9 Å². The second-order valence-corrected chi connectivity index (χ2v) is 8.56. The molecule has 0 amide bonds. The van der Waals surface area contributed by atoms with Crippen LogP contribution in [-0.4, -0.2) is 32.8 Å². The van der Waals surface area contributed by atoms with E-state index in [1.54, 1.807) is 12.3 Å². The molecule has 0 radical (unpaired) electrons. The van der Waals surface area contributed by atoms with Gasteiger partial charge in [0.25, 0.3) is 0 Å². The highest BCUT2D eigenvalue weighted by Crippen LogP contribution is 2.34. The first kappa shape index (κ1) is 19.9. The zero-order valence-corrected chi connectivity index (χ0v) is 18.2. The molecular weight excluding hydrogens is 433 g/mol. The van der Waals surface area contributed by atoms with Gasteiger partial charge in [-0.15, -0.1) is 0 Å². The Morgan fingerprint density at radius 3 is 2.74 bits per heavy atom. The molecule has 158 valence electrons. The number of anilines is 3. The molecule has 2 aromatic heterocycles. The van der Waals surface area contributed by atoms with Crippen LogP contribution in [-0.2, 0) is 12.8 Å². The minimum Gasteiger partial charge on any atom is -0.383 e. The first-order valence-corrected chi connectivity index (χ1v) is 10.8. The third-order valence-electron chi connectivity index (χ3n) is 5.73. The predicted octanol–water partition coefficient (Wildman–Crippen LogP) is 4.14. The van der Waals surface area contributed by atoms with Crippen molar-refractivity contribution in [2.24, 2.45) is 0 Å². The molecule has 0 saturated carbocycles. The van der Waals surface area contributed by atoms with Crippen LogP contribution in [0.2, 0.25) is 10.0 Å². The topological polar surface area (TPSA) is 98.9 Å². The second-order valence-electron chi connectivity index (χ2n) is 7.71. The molecule has 1 aliphatic heterocycles. The van der Waals surface area contributed by atoms with Crippen molar-refractivity contribution >= 4 is 51.7 Å². The van der Waals surface area contributed by atoms with Gasteiger partial charge in [-0.05, 0) is 42.2 Å². The SMILES string of the molecule is Nc1nc(N)c2cnn(C3Cc4ccccc4N(CCc4ccc(Cl)cc4Cl)C3)c2n1. The highest BCUT2D eigenvalue weighted by atomic mass is 35.5. The number of hydrogen-bond donors (Lipinski definition) is 2. The Morgan fingerprint density at radius 2 is 1.90 bits per heavy atom. The van der Waals surface area contributed by atoms with Gasteiger partial charge in [-0.25, -0.2) is 4.68 Å². The number of fused-ring (bicyclic) bond motifs is 2. The average Bonchev–Trinajstić information content (AvgIpc) is 3.17. The monoisotopic (exact) mass is 453 g/mol. The maximum atomic E-state index is 6.40. The second kappa shape index (κ2) is 7.90. The molecule has 3 heterocycles.